The molecule has 2 aromatic heterocycles. The summed E-state index contributed by atoms with van der Waals surface area (Å²) in [7, 11) is 0. The zero-order valence-electron chi connectivity index (χ0n) is 13.6. The van der Waals surface area contributed by atoms with Gasteiger partial charge in [0.1, 0.15) is 0 Å². The van der Waals surface area contributed by atoms with E-state index in [1.165, 1.54) is 21.8 Å². The number of aromatic nitrogens is 3. The summed E-state index contributed by atoms with van der Waals surface area (Å²) in [5.74, 6) is 1.24. The molecule has 25 heavy (non-hydrogen) atoms. The maximum atomic E-state index is 11.9. The summed E-state index contributed by atoms with van der Waals surface area (Å²) < 4.78 is 3.25. The molecule has 3 aromatic rings. The van der Waals surface area contributed by atoms with Gasteiger partial charge in [-0.15, -0.1) is 28.1 Å². The van der Waals surface area contributed by atoms with Gasteiger partial charge in [0.05, 0.1) is 5.75 Å². The van der Waals surface area contributed by atoms with Crippen molar-refractivity contribution in [2.45, 2.75) is 30.6 Å². The van der Waals surface area contributed by atoms with Crippen LogP contribution >= 0.6 is 23.1 Å². The molecule has 5 nitrogen and oxygen atoms in total. The van der Waals surface area contributed by atoms with Crippen molar-refractivity contribution in [3.8, 4) is 11.4 Å². The van der Waals surface area contributed by atoms with Crippen molar-refractivity contribution in [2.24, 2.45) is 0 Å². The molecule has 1 aliphatic carbocycles. The minimum absolute atomic E-state index is 0.0585. The van der Waals surface area contributed by atoms with E-state index in [1.807, 2.05) is 22.8 Å². The lowest BCUT2D eigenvalue weighted by atomic mass is 10.1. The number of rotatable bonds is 7. The van der Waals surface area contributed by atoms with Crippen molar-refractivity contribution in [1.82, 2.24) is 20.1 Å². The Kier molecular flexibility index (Phi) is 4.59. The van der Waals surface area contributed by atoms with Crippen LogP contribution in [0.5, 0.6) is 0 Å². The first-order valence-electron chi connectivity index (χ1n) is 8.19. The highest BCUT2D eigenvalue weighted by molar-refractivity contribution is 7.99. The molecule has 2 heterocycles. The van der Waals surface area contributed by atoms with E-state index in [1.54, 1.807) is 11.3 Å². The van der Waals surface area contributed by atoms with Gasteiger partial charge in [-0.3, -0.25) is 9.36 Å². The van der Waals surface area contributed by atoms with E-state index in [4.69, 9.17) is 0 Å². The monoisotopic (exact) mass is 370 g/mol. The lowest BCUT2D eigenvalue weighted by molar-refractivity contribution is -0.118. The van der Waals surface area contributed by atoms with Crippen LogP contribution in [-0.4, -0.2) is 32.5 Å². The normalized spacial score (nSPS) is 13.9. The Morgan fingerprint density at radius 1 is 1.40 bits per heavy atom. The fourth-order valence-corrected chi connectivity index (χ4v) is 4.36. The van der Waals surface area contributed by atoms with Gasteiger partial charge < -0.3 is 5.32 Å². The smallest absolute Gasteiger partial charge is 0.230 e. The number of hydrogen-bond donors (Lipinski definition) is 1. The topological polar surface area (TPSA) is 59.8 Å². The molecule has 0 atom stereocenters. The second-order valence-corrected chi connectivity index (χ2v) is 7.84. The fraction of sp³-hybridized carbons (Fsp3) is 0.278. The molecule has 0 aliphatic heterocycles. The number of nitrogens with one attached hydrogen (secondary N) is 1. The highest BCUT2D eigenvalue weighted by atomic mass is 32.2. The van der Waals surface area contributed by atoms with Gasteiger partial charge in [0.25, 0.3) is 0 Å². The largest absolute Gasteiger partial charge is 0.353 e. The van der Waals surface area contributed by atoms with Crippen molar-refractivity contribution in [3.05, 3.63) is 42.3 Å². The van der Waals surface area contributed by atoms with Crippen LogP contribution in [0.4, 0.5) is 0 Å². The van der Waals surface area contributed by atoms with E-state index in [2.05, 4.69) is 39.6 Å². The number of allylic oxidation sites excluding steroid dienone is 1. The zero-order chi connectivity index (χ0) is 17.2. The molecule has 4 rings (SSSR count). The molecule has 0 radical (unpaired) electrons. The number of hydrogen-bond acceptors (Lipinski definition) is 5. The number of thiophene rings is 1. The first-order valence-corrected chi connectivity index (χ1v) is 10.1. The first-order chi connectivity index (χ1) is 12.3. The summed E-state index contributed by atoms with van der Waals surface area (Å²) >= 11 is 3.12. The number of nitrogens with zero attached hydrogens (tertiary/aromatic N) is 3. The molecule has 128 valence electrons. The predicted octanol–water partition coefficient (Wildman–Crippen LogP) is 3.72. The molecule has 0 saturated heterocycles. The third kappa shape index (κ3) is 3.48. The van der Waals surface area contributed by atoms with Crippen LogP contribution in [0.15, 0.2) is 47.5 Å². The van der Waals surface area contributed by atoms with Crippen molar-refractivity contribution < 1.29 is 4.79 Å². The van der Waals surface area contributed by atoms with Gasteiger partial charge in [0.2, 0.25) is 5.91 Å². The summed E-state index contributed by atoms with van der Waals surface area (Å²) in [4.78, 5) is 11.9. The van der Waals surface area contributed by atoms with Crippen molar-refractivity contribution in [1.29, 1.82) is 0 Å². The second-order valence-electron chi connectivity index (χ2n) is 5.98. The molecule has 1 N–H and O–H groups in total. The van der Waals surface area contributed by atoms with Gasteiger partial charge in [-0.1, -0.05) is 36.0 Å². The van der Waals surface area contributed by atoms with Crippen molar-refractivity contribution in [2.75, 3.05) is 5.75 Å². The van der Waals surface area contributed by atoms with Gasteiger partial charge in [-0.05, 0) is 18.9 Å². The van der Waals surface area contributed by atoms with E-state index in [-0.39, 0.29) is 5.91 Å². The molecule has 1 amide bonds. The average Bonchev–Trinajstić information content (AvgIpc) is 3.19. The summed E-state index contributed by atoms with van der Waals surface area (Å²) in [5, 5.41) is 15.7. The number of carbonyl (C=O) groups excluding carboxylic acids is 1. The van der Waals surface area contributed by atoms with Gasteiger partial charge in [-0.2, -0.15) is 0 Å². The average molecular weight is 371 g/mol. The summed E-state index contributed by atoms with van der Waals surface area (Å²) in [6.45, 7) is 4.45. The molecular formula is C18H18N4OS2. The van der Waals surface area contributed by atoms with Crippen LogP contribution in [0, 0.1) is 0 Å². The highest BCUT2D eigenvalue weighted by Crippen LogP contribution is 2.34. The van der Waals surface area contributed by atoms with Crippen LogP contribution in [0.3, 0.4) is 0 Å². The Labute approximate surface area is 154 Å². The first kappa shape index (κ1) is 16.4. The highest BCUT2D eigenvalue weighted by Gasteiger charge is 2.24. The fourth-order valence-electron chi connectivity index (χ4n) is 2.67. The van der Waals surface area contributed by atoms with Gasteiger partial charge in [-0.25, -0.2) is 0 Å². The van der Waals surface area contributed by atoms with E-state index < -0.39 is 0 Å². The molecule has 1 saturated carbocycles. The number of fused-ring (bicyclic) bond motifs is 1. The van der Waals surface area contributed by atoms with Crippen molar-refractivity contribution in [3.63, 3.8) is 0 Å². The molecule has 0 spiro atoms. The third-order valence-corrected chi connectivity index (χ3v) is 5.96. The molecule has 1 fully saturated rings. The van der Waals surface area contributed by atoms with Crippen LogP contribution in [-0.2, 0) is 11.3 Å². The summed E-state index contributed by atoms with van der Waals surface area (Å²) in [6.07, 6.45) is 4.02. The van der Waals surface area contributed by atoms with E-state index >= 15 is 0 Å². The third-order valence-electron chi connectivity index (χ3n) is 4.03. The number of amides is 1. The van der Waals surface area contributed by atoms with Crippen LogP contribution in [0.2, 0.25) is 0 Å². The lowest BCUT2D eigenvalue weighted by Gasteiger charge is -2.07. The standard InChI is InChI=1S/C18H18N4OS2/c1-2-9-22-17(14-10-24-15-6-4-3-5-13(14)15)20-21-18(22)25-11-16(23)19-12-7-8-12/h2-6,10,12H,1,7-9,11H2,(H,19,23). The van der Waals surface area contributed by atoms with E-state index in [0.29, 0.717) is 18.3 Å². The molecule has 7 heteroatoms. The van der Waals surface area contributed by atoms with Gasteiger partial charge in [0, 0.05) is 33.6 Å². The quantitative estimate of drug-likeness (QED) is 0.509. The Bertz CT molecular complexity index is 926. The molecule has 0 bridgehead atoms. The Morgan fingerprint density at radius 3 is 3.04 bits per heavy atom. The predicted molar refractivity (Wildman–Crippen MR) is 103 cm³/mol. The Hall–Kier alpha value is -2.12. The van der Waals surface area contributed by atoms with E-state index in [0.717, 1.165) is 29.4 Å². The summed E-state index contributed by atoms with van der Waals surface area (Å²) in [6, 6.07) is 8.66. The Balaban J connectivity index is 1.61. The lowest BCUT2D eigenvalue weighted by Crippen LogP contribution is -2.27. The maximum Gasteiger partial charge on any atom is 0.230 e. The van der Waals surface area contributed by atoms with Crippen molar-refractivity contribution >= 4 is 39.1 Å². The SMILES string of the molecule is C=CCn1c(SCC(=O)NC2CC2)nnc1-c1csc2ccccc12. The second kappa shape index (κ2) is 7.01. The maximum absolute atomic E-state index is 11.9. The minimum atomic E-state index is 0.0585. The minimum Gasteiger partial charge on any atom is -0.353 e. The molecule has 0 unspecified atom stereocenters. The van der Waals surface area contributed by atoms with Crippen LogP contribution in [0.25, 0.3) is 21.5 Å². The molecule has 1 aliphatic rings. The number of carbonyl (C=O) groups is 1. The van der Waals surface area contributed by atoms with Crippen LogP contribution in [0.1, 0.15) is 12.8 Å². The number of benzene rings is 1. The van der Waals surface area contributed by atoms with Crippen LogP contribution < -0.4 is 5.32 Å². The number of thioether (sulfide) groups is 1. The Morgan fingerprint density at radius 2 is 2.24 bits per heavy atom. The van der Waals surface area contributed by atoms with Gasteiger partial charge in [0.15, 0.2) is 11.0 Å². The van der Waals surface area contributed by atoms with Gasteiger partial charge >= 0.3 is 0 Å². The van der Waals surface area contributed by atoms with E-state index in [9.17, 15) is 4.79 Å². The molecular weight excluding hydrogens is 352 g/mol. The summed E-state index contributed by atoms with van der Waals surface area (Å²) in [5.41, 5.74) is 1.07. The zero-order valence-corrected chi connectivity index (χ0v) is 15.3. The molecule has 1 aromatic carbocycles.